The van der Waals surface area contributed by atoms with Crippen LogP contribution in [0.15, 0.2) is 0 Å². The molecule has 2 unspecified atom stereocenters. The third-order valence-corrected chi connectivity index (χ3v) is 3.07. The van der Waals surface area contributed by atoms with Crippen LogP contribution >= 0.6 is 0 Å². The van der Waals surface area contributed by atoms with Crippen molar-refractivity contribution in [3.63, 3.8) is 0 Å². The van der Waals surface area contributed by atoms with Gasteiger partial charge in [0.25, 0.3) is 0 Å². The highest BCUT2D eigenvalue weighted by Gasteiger charge is 2.21. The lowest BCUT2D eigenvalue weighted by molar-refractivity contribution is 0.0759. The van der Waals surface area contributed by atoms with Gasteiger partial charge in [-0.05, 0) is 32.1 Å². The van der Waals surface area contributed by atoms with Crippen LogP contribution < -0.4 is 5.32 Å². The van der Waals surface area contributed by atoms with Crippen LogP contribution in [-0.4, -0.2) is 38.5 Å². The maximum Gasteiger partial charge on any atom is 0.0726 e. The van der Waals surface area contributed by atoms with E-state index in [2.05, 4.69) is 26.1 Å². The maximum absolute atomic E-state index is 5.62. The van der Waals surface area contributed by atoms with Crippen molar-refractivity contribution in [2.45, 2.75) is 52.2 Å². The van der Waals surface area contributed by atoms with E-state index in [4.69, 9.17) is 9.47 Å². The van der Waals surface area contributed by atoms with Crippen molar-refractivity contribution in [1.82, 2.24) is 5.32 Å². The van der Waals surface area contributed by atoms with Gasteiger partial charge in [0.05, 0.1) is 12.7 Å². The average Bonchev–Trinajstić information content (AvgIpc) is 2.75. The second-order valence-corrected chi connectivity index (χ2v) is 5.09. The van der Waals surface area contributed by atoms with E-state index >= 15 is 0 Å². The van der Waals surface area contributed by atoms with Gasteiger partial charge in [0.2, 0.25) is 0 Å². The van der Waals surface area contributed by atoms with E-state index < -0.39 is 0 Å². The Morgan fingerprint density at radius 2 is 2.12 bits per heavy atom. The molecule has 1 N–H and O–H groups in total. The Morgan fingerprint density at radius 1 is 1.31 bits per heavy atom. The molecule has 0 aromatic heterocycles. The fraction of sp³-hybridized carbons (Fsp3) is 1.00. The van der Waals surface area contributed by atoms with Gasteiger partial charge in [-0.2, -0.15) is 0 Å². The van der Waals surface area contributed by atoms with E-state index in [1.54, 1.807) is 0 Å². The van der Waals surface area contributed by atoms with Crippen LogP contribution in [0.4, 0.5) is 0 Å². The van der Waals surface area contributed by atoms with E-state index in [0.717, 1.165) is 38.7 Å². The molecule has 3 heteroatoms. The zero-order chi connectivity index (χ0) is 11.8. The standard InChI is InChI=1S/C13H27NO2/c1-11(2)6-9-15-10-7-14-12(3)13-5-4-8-16-13/h11-14H,4-10H2,1-3H3. The minimum absolute atomic E-state index is 0.413. The van der Waals surface area contributed by atoms with Crippen LogP contribution in [0.5, 0.6) is 0 Å². The first-order chi connectivity index (χ1) is 7.70. The van der Waals surface area contributed by atoms with Gasteiger partial charge in [-0.25, -0.2) is 0 Å². The maximum atomic E-state index is 5.62. The first-order valence-electron chi connectivity index (χ1n) is 6.63. The second kappa shape index (κ2) is 8.04. The molecule has 1 saturated heterocycles. The van der Waals surface area contributed by atoms with Crippen molar-refractivity contribution >= 4 is 0 Å². The highest BCUT2D eigenvalue weighted by Crippen LogP contribution is 2.14. The van der Waals surface area contributed by atoms with Crippen LogP contribution in [-0.2, 0) is 9.47 Å². The molecule has 2 atom stereocenters. The van der Waals surface area contributed by atoms with E-state index in [0.29, 0.717) is 12.1 Å². The van der Waals surface area contributed by atoms with Gasteiger partial charge in [-0.1, -0.05) is 13.8 Å². The van der Waals surface area contributed by atoms with E-state index in [1.165, 1.54) is 12.8 Å². The molecule has 16 heavy (non-hydrogen) atoms. The molecule has 1 heterocycles. The molecule has 0 aromatic rings. The molecular weight excluding hydrogens is 202 g/mol. The summed E-state index contributed by atoms with van der Waals surface area (Å²) in [6.07, 6.45) is 3.97. The molecule has 1 aliphatic heterocycles. The summed E-state index contributed by atoms with van der Waals surface area (Å²) < 4.78 is 11.2. The van der Waals surface area contributed by atoms with Crippen LogP contribution in [0, 0.1) is 5.92 Å². The minimum Gasteiger partial charge on any atom is -0.380 e. The molecule has 0 aliphatic carbocycles. The van der Waals surface area contributed by atoms with Gasteiger partial charge >= 0.3 is 0 Å². The first kappa shape index (κ1) is 13.9. The molecule has 0 saturated carbocycles. The Kier molecular flexibility index (Phi) is 7.01. The fourth-order valence-corrected chi connectivity index (χ4v) is 1.91. The summed E-state index contributed by atoms with van der Waals surface area (Å²) >= 11 is 0. The number of rotatable bonds is 8. The van der Waals surface area contributed by atoms with Crippen molar-refractivity contribution in [2.24, 2.45) is 5.92 Å². The second-order valence-electron chi connectivity index (χ2n) is 5.09. The highest BCUT2D eigenvalue weighted by molar-refractivity contribution is 4.76. The Bertz CT molecular complexity index is 167. The third kappa shape index (κ3) is 5.83. The zero-order valence-corrected chi connectivity index (χ0v) is 11.0. The van der Waals surface area contributed by atoms with Crippen molar-refractivity contribution in [1.29, 1.82) is 0 Å². The SMILES string of the molecule is CC(C)CCOCCNC(C)C1CCCO1. The Balaban J connectivity index is 1.90. The summed E-state index contributed by atoms with van der Waals surface area (Å²) in [5, 5.41) is 3.46. The van der Waals surface area contributed by atoms with Crippen LogP contribution in [0.3, 0.4) is 0 Å². The number of nitrogens with one attached hydrogen (secondary N) is 1. The zero-order valence-electron chi connectivity index (χ0n) is 11.0. The Hall–Kier alpha value is -0.120. The summed E-state index contributed by atoms with van der Waals surface area (Å²) in [6.45, 7) is 10.2. The van der Waals surface area contributed by atoms with E-state index in [1.807, 2.05) is 0 Å². The molecular formula is C13H27NO2. The topological polar surface area (TPSA) is 30.5 Å². The lowest BCUT2D eigenvalue weighted by Crippen LogP contribution is -2.38. The summed E-state index contributed by atoms with van der Waals surface area (Å²) in [5.41, 5.74) is 0. The normalized spacial score (nSPS) is 22.9. The molecule has 3 nitrogen and oxygen atoms in total. The summed E-state index contributed by atoms with van der Waals surface area (Å²) in [7, 11) is 0. The van der Waals surface area contributed by atoms with Gasteiger partial charge in [-0.15, -0.1) is 0 Å². The van der Waals surface area contributed by atoms with E-state index in [-0.39, 0.29) is 0 Å². The van der Waals surface area contributed by atoms with Crippen molar-refractivity contribution in [3.8, 4) is 0 Å². The van der Waals surface area contributed by atoms with Gasteiger partial charge in [-0.3, -0.25) is 0 Å². The fourth-order valence-electron chi connectivity index (χ4n) is 1.91. The minimum atomic E-state index is 0.413. The monoisotopic (exact) mass is 229 g/mol. The van der Waals surface area contributed by atoms with E-state index in [9.17, 15) is 0 Å². The lowest BCUT2D eigenvalue weighted by Gasteiger charge is -2.20. The molecule has 1 rings (SSSR count). The quantitative estimate of drug-likeness (QED) is 0.647. The Labute approximate surface area is 99.9 Å². The lowest BCUT2D eigenvalue weighted by atomic mass is 10.1. The first-order valence-corrected chi connectivity index (χ1v) is 6.63. The predicted molar refractivity (Wildman–Crippen MR) is 66.7 cm³/mol. The molecule has 1 aliphatic rings. The van der Waals surface area contributed by atoms with Crippen LogP contribution in [0.25, 0.3) is 0 Å². The largest absolute Gasteiger partial charge is 0.380 e. The summed E-state index contributed by atoms with van der Waals surface area (Å²) in [6, 6.07) is 0.455. The van der Waals surface area contributed by atoms with Crippen LogP contribution in [0.2, 0.25) is 0 Å². The molecule has 1 fully saturated rings. The van der Waals surface area contributed by atoms with Crippen molar-refractivity contribution < 1.29 is 9.47 Å². The Morgan fingerprint density at radius 3 is 2.75 bits per heavy atom. The molecule has 0 amide bonds. The van der Waals surface area contributed by atoms with Crippen molar-refractivity contribution in [3.05, 3.63) is 0 Å². The molecule has 0 radical (unpaired) electrons. The predicted octanol–water partition coefficient (Wildman–Crippen LogP) is 2.21. The molecule has 0 spiro atoms. The summed E-state index contributed by atoms with van der Waals surface area (Å²) in [5.74, 6) is 0.735. The number of hydrogen-bond acceptors (Lipinski definition) is 3. The van der Waals surface area contributed by atoms with Gasteiger partial charge in [0.1, 0.15) is 0 Å². The molecule has 0 aromatic carbocycles. The third-order valence-electron chi connectivity index (χ3n) is 3.07. The smallest absolute Gasteiger partial charge is 0.0726 e. The average molecular weight is 229 g/mol. The highest BCUT2D eigenvalue weighted by atomic mass is 16.5. The number of hydrogen-bond donors (Lipinski definition) is 1. The van der Waals surface area contributed by atoms with Crippen molar-refractivity contribution in [2.75, 3.05) is 26.4 Å². The van der Waals surface area contributed by atoms with Gasteiger partial charge < -0.3 is 14.8 Å². The number of ether oxygens (including phenoxy) is 2. The molecule has 96 valence electrons. The summed E-state index contributed by atoms with van der Waals surface area (Å²) in [4.78, 5) is 0. The van der Waals surface area contributed by atoms with Gasteiger partial charge in [0.15, 0.2) is 0 Å². The van der Waals surface area contributed by atoms with Crippen LogP contribution in [0.1, 0.15) is 40.0 Å². The van der Waals surface area contributed by atoms with Gasteiger partial charge in [0, 0.05) is 25.8 Å². The molecule has 0 bridgehead atoms.